The lowest BCUT2D eigenvalue weighted by atomic mass is 10.1. The van der Waals surface area contributed by atoms with Crippen molar-refractivity contribution in [2.24, 2.45) is 0 Å². The molecule has 0 saturated heterocycles. The molecule has 5 heteroatoms. The quantitative estimate of drug-likeness (QED) is 0.861. The first-order valence-electron chi connectivity index (χ1n) is 5.51. The Bertz CT molecular complexity index is 531. The number of amides is 1. The molecule has 0 radical (unpaired) electrons. The number of alkyl halides is 1. The van der Waals surface area contributed by atoms with E-state index in [-0.39, 0.29) is 5.91 Å². The molecule has 0 saturated carbocycles. The third kappa shape index (κ3) is 3.28. The van der Waals surface area contributed by atoms with Gasteiger partial charge in [0.1, 0.15) is 6.33 Å². The summed E-state index contributed by atoms with van der Waals surface area (Å²) in [4.78, 5) is 19.4. The van der Waals surface area contributed by atoms with E-state index in [2.05, 4.69) is 15.3 Å². The lowest BCUT2D eigenvalue weighted by molar-refractivity contribution is -0.115. The van der Waals surface area contributed by atoms with E-state index in [1.807, 2.05) is 24.3 Å². The number of nitrogens with zero attached hydrogens (tertiary/aromatic N) is 2. The molecule has 0 atom stereocenters. The molecule has 1 aromatic heterocycles. The van der Waals surface area contributed by atoms with Crippen LogP contribution in [0.1, 0.15) is 6.42 Å². The lowest BCUT2D eigenvalue weighted by Crippen LogP contribution is -2.11. The normalized spacial score (nSPS) is 10.1. The average Bonchev–Trinajstić information content (AvgIpc) is 2.40. The number of hydrogen-bond donors (Lipinski definition) is 1. The van der Waals surface area contributed by atoms with Crippen LogP contribution in [0.15, 0.2) is 43.0 Å². The molecular formula is C13H12ClN3O. The van der Waals surface area contributed by atoms with Gasteiger partial charge in [0.05, 0.1) is 0 Å². The zero-order valence-electron chi connectivity index (χ0n) is 9.64. The fraction of sp³-hybridized carbons (Fsp3) is 0.154. The molecule has 18 heavy (non-hydrogen) atoms. The van der Waals surface area contributed by atoms with Gasteiger partial charge in [0.15, 0.2) is 0 Å². The van der Waals surface area contributed by atoms with Crippen molar-refractivity contribution < 1.29 is 4.79 Å². The Morgan fingerprint density at radius 3 is 2.72 bits per heavy atom. The van der Waals surface area contributed by atoms with Crippen LogP contribution in [0.3, 0.4) is 0 Å². The van der Waals surface area contributed by atoms with E-state index in [0.717, 1.165) is 16.8 Å². The van der Waals surface area contributed by atoms with Crippen LogP contribution in [-0.4, -0.2) is 21.8 Å². The van der Waals surface area contributed by atoms with Crippen LogP contribution < -0.4 is 5.32 Å². The molecule has 2 aromatic rings. The van der Waals surface area contributed by atoms with Gasteiger partial charge in [0, 0.05) is 35.9 Å². The Kier molecular flexibility index (Phi) is 4.25. The first-order valence-corrected chi connectivity index (χ1v) is 6.04. The van der Waals surface area contributed by atoms with E-state index in [9.17, 15) is 4.79 Å². The maximum Gasteiger partial charge on any atom is 0.225 e. The molecule has 0 fully saturated rings. The summed E-state index contributed by atoms with van der Waals surface area (Å²) in [5.74, 6) is 0.226. The summed E-state index contributed by atoms with van der Waals surface area (Å²) < 4.78 is 0. The summed E-state index contributed by atoms with van der Waals surface area (Å²) in [5, 5.41) is 2.79. The van der Waals surface area contributed by atoms with Crippen molar-refractivity contribution >= 4 is 23.2 Å². The maximum atomic E-state index is 11.4. The first-order chi connectivity index (χ1) is 8.79. The molecule has 0 aliphatic heterocycles. The third-order valence-corrected chi connectivity index (χ3v) is 2.55. The Balaban J connectivity index is 2.18. The highest BCUT2D eigenvalue weighted by atomic mass is 35.5. The third-order valence-electron chi connectivity index (χ3n) is 2.36. The number of rotatable bonds is 4. The van der Waals surface area contributed by atoms with Crippen LogP contribution >= 0.6 is 11.6 Å². The molecule has 1 heterocycles. The zero-order chi connectivity index (χ0) is 12.8. The van der Waals surface area contributed by atoms with Crippen molar-refractivity contribution in [2.75, 3.05) is 11.2 Å². The van der Waals surface area contributed by atoms with Gasteiger partial charge in [-0.05, 0) is 17.7 Å². The highest BCUT2D eigenvalue weighted by molar-refractivity contribution is 6.19. The zero-order valence-corrected chi connectivity index (χ0v) is 10.4. The average molecular weight is 262 g/mol. The first kappa shape index (κ1) is 12.5. The molecule has 1 aromatic carbocycles. The van der Waals surface area contributed by atoms with Crippen molar-refractivity contribution in [1.29, 1.82) is 0 Å². The Hall–Kier alpha value is -1.94. The monoisotopic (exact) mass is 261 g/mol. The van der Waals surface area contributed by atoms with Crippen molar-refractivity contribution in [3.63, 3.8) is 0 Å². The van der Waals surface area contributed by atoms with Crippen molar-refractivity contribution in [1.82, 2.24) is 9.97 Å². The van der Waals surface area contributed by atoms with Gasteiger partial charge in [-0.1, -0.05) is 12.1 Å². The number of anilines is 1. The molecule has 0 unspecified atom stereocenters. The minimum absolute atomic E-state index is 0.0912. The summed E-state index contributed by atoms with van der Waals surface area (Å²) in [6.07, 6.45) is 5.25. The molecule has 92 valence electrons. The fourth-order valence-corrected chi connectivity index (χ4v) is 1.71. The smallest absolute Gasteiger partial charge is 0.225 e. The second-order valence-corrected chi connectivity index (χ2v) is 4.07. The predicted molar refractivity (Wildman–Crippen MR) is 71.4 cm³/mol. The van der Waals surface area contributed by atoms with Gasteiger partial charge >= 0.3 is 0 Å². The van der Waals surface area contributed by atoms with Gasteiger partial charge in [0.2, 0.25) is 5.91 Å². The molecule has 0 bridgehead atoms. The summed E-state index contributed by atoms with van der Waals surface area (Å²) in [6.45, 7) is 0. The lowest BCUT2D eigenvalue weighted by Gasteiger charge is -2.06. The number of carbonyl (C=O) groups excluding carboxylic acids is 1. The fourth-order valence-electron chi connectivity index (χ4n) is 1.53. The number of benzene rings is 1. The highest BCUT2D eigenvalue weighted by Gasteiger charge is 2.03. The Morgan fingerprint density at radius 1 is 1.22 bits per heavy atom. The summed E-state index contributed by atoms with van der Waals surface area (Å²) in [6, 6.07) is 7.53. The standard InChI is InChI=1S/C13H12ClN3O/c14-5-4-13(18)17-12-3-1-2-10(6-12)11-7-15-9-16-8-11/h1-3,6-9H,4-5H2,(H,17,18). The van der Waals surface area contributed by atoms with Crippen LogP contribution in [0.25, 0.3) is 11.1 Å². The van der Waals surface area contributed by atoms with Gasteiger partial charge in [-0.3, -0.25) is 4.79 Å². The summed E-state index contributed by atoms with van der Waals surface area (Å²) in [7, 11) is 0. The molecule has 4 nitrogen and oxygen atoms in total. The van der Waals surface area contributed by atoms with E-state index in [0.29, 0.717) is 12.3 Å². The van der Waals surface area contributed by atoms with Gasteiger partial charge in [0.25, 0.3) is 0 Å². The number of nitrogens with one attached hydrogen (secondary N) is 1. The predicted octanol–water partition coefficient (Wildman–Crippen LogP) is 2.71. The molecule has 0 aliphatic carbocycles. The van der Waals surface area contributed by atoms with Gasteiger partial charge < -0.3 is 5.32 Å². The molecule has 1 amide bonds. The summed E-state index contributed by atoms with van der Waals surface area (Å²) >= 11 is 5.51. The van der Waals surface area contributed by atoms with Crippen LogP contribution in [-0.2, 0) is 4.79 Å². The molecule has 0 aliphatic rings. The van der Waals surface area contributed by atoms with Crippen molar-refractivity contribution in [2.45, 2.75) is 6.42 Å². The largest absolute Gasteiger partial charge is 0.326 e. The van der Waals surface area contributed by atoms with Crippen molar-refractivity contribution in [3.05, 3.63) is 43.0 Å². The van der Waals surface area contributed by atoms with Crippen LogP contribution in [0.4, 0.5) is 5.69 Å². The van der Waals surface area contributed by atoms with Crippen LogP contribution in [0.2, 0.25) is 0 Å². The second-order valence-electron chi connectivity index (χ2n) is 3.70. The Morgan fingerprint density at radius 2 is 2.00 bits per heavy atom. The number of hydrogen-bond acceptors (Lipinski definition) is 3. The van der Waals surface area contributed by atoms with Gasteiger partial charge in [-0.15, -0.1) is 11.6 Å². The van der Waals surface area contributed by atoms with E-state index in [4.69, 9.17) is 11.6 Å². The molecule has 1 N–H and O–H groups in total. The van der Waals surface area contributed by atoms with Gasteiger partial charge in [-0.2, -0.15) is 0 Å². The van der Waals surface area contributed by atoms with Crippen LogP contribution in [0.5, 0.6) is 0 Å². The topological polar surface area (TPSA) is 54.9 Å². The summed E-state index contributed by atoms with van der Waals surface area (Å²) in [5.41, 5.74) is 2.61. The molecular weight excluding hydrogens is 250 g/mol. The van der Waals surface area contributed by atoms with E-state index < -0.39 is 0 Å². The minimum Gasteiger partial charge on any atom is -0.326 e. The van der Waals surface area contributed by atoms with Gasteiger partial charge in [-0.25, -0.2) is 9.97 Å². The Labute approximate surface area is 110 Å². The van der Waals surface area contributed by atoms with E-state index in [1.54, 1.807) is 12.4 Å². The maximum absolute atomic E-state index is 11.4. The number of aromatic nitrogens is 2. The SMILES string of the molecule is O=C(CCCl)Nc1cccc(-c2cncnc2)c1. The number of carbonyl (C=O) groups is 1. The molecule has 2 rings (SSSR count). The minimum atomic E-state index is -0.0912. The molecule has 0 spiro atoms. The van der Waals surface area contributed by atoms with E-state index in [1.165, 1.54) is 6.33 Å². The second kappa shape index (κ2) is 6.12. The van der Waals surface area contributed by atoms with E-state index >= 15 is 0 Å². The van der Waals surface area contributed by atoms with Crippen molar-refractivity contribution in [3.8, 4) is 11.1 Å². The van der Waals surface area contributed by atoms with Crippen LogP contribution in [0, 0.1) is 0 Å². The number of halogens is 1. The highest BCUT2D eigenvalue weighted by Crippen LogP contribution is 2.21.